The first-order chi connectivity index (χ1) is 10.1. The molecule has 0 saturated carbocycles. The van der Waals surface area contributed by atoms with Gasteiger partial charge in [0.15, 0.2) is 0 Å². The molecule has 1 unspecified atom stereocenters. The van der Waals surface area contributed by atoms with Gasteiger partial charge in [-0.2, -0.15) is 0 Å². The molecule has 0 bridgehead atoms. The number of carbonyl (C=O) groups is 1. The lowest BCUT2D eigenvalue weighted by molar-refractivity contribution is -0.136. The second-order valence-corrected chi connectivity index (χ2v) is 7.07. The first-order valence-electron chi connectivity index (χ1n) is 7.57. The molecule has 1 atom stereocenters. The van der Waals surface area contributed by atoms with Gasteiger partial charge in [-0.15, -0.1) is 0 Å². The highest BCUT2D eigenvalue weighted by Gasteiger charge is 2.43. The zero-order valence-electron chi connectivity index (χ0n) is 13.8. The summed E-state index contributed by atoms with van der Waals surface area (Å²) in [7, 11) is 3.80. The third-order valence-electron chi connectivity index (χ3n) is 4.31. The van der Waals surface area contributed by atoms with Crippen molar-refractivity contribution in [3.05, 3.63) is 35.6 Å². The number of nitrogens with zero attached hydrogens (tertiary/aromatic N) is 2. The number of rotatable bonds is 4. The van der Waals surface area contributed by atoms with E-state index >= 15 is 0 Å². The maximum absolute atomic E-state index is 13.4. The van der Waals surface area contributed by atoms with Gasteiger partial charge in [0.25, 0.3) is 0 Å². The number of β-amino-alcohol motifs (C(OH)–C–C–N with tert-alkyl or cyclic N) is 1. The van der Waals surface area contributed by atoms with Gasteiger partial charge in [0.2, 0.25) is 5.91 Å². The number of amides is 1. The van der Waals surface area contributed by atoms with Gasteiger partial charge in [0.05, 0.1) is 17.6 Å². The van der Waals surface area contributed by atoms with E-state index in [-0.39, 0.29) is 11.7 Å². The minimum atomic E-state index is -0.864. The lowest BCUT2D eigenvalue weighted by atomic mass is 9.83. The monoisotopic (exact) mass is 308 g/mol. The Hall–Kier alpha value is -1.46. The van der Waals surface area contributed by atoms with Crippen molar-refractivity contribution >= 4 is 5.91 Å². The topological polar surface area (TPSA) is 43.8 Å². The highest BCUT2D eigenvalue weighted by Crippen LogP contribution is 2.30. The molecule has 1 heterocycles. The van der Waals surface area contributed by atoms with E-state index in [9.17, 15) is 14.3 Å². The number of halogens is 1. The summed E-state index contributed by atoms with van der Waals surface area (Å²) in [6, 6.07) is 6.16. The first kappa shape index (κ1) is 16.9. The molecule has 5 heteroatoms. The molecular weight excluding hydrogens is 283 g/mol. The summed E-state index contributed by atoms with van der Waals surface area (Å²) in [6.07, 6.45) is 0.566. The largest absolute Gasteiger partial charge is 0.387 e. The van der Waals surface area contributed by atoms with Gasteiger partial charge in [-0.25, -0.2) is 4.39 Å². The Morgan fingerprint density at radius 3 is 2.73 bits per heavy atom. The SMILES string of the molecule is CN(C)CC1(O)CCN(C(=O)C(C)(C)c2cccc(F)c2)C1. The molecule has 122 valence electrons. The van der Waals surface area contributed by atoms with Crippen LogP contribution < -0.4 is 0 Å². The molecule has 0 aromatic heterocycles. The molecule has 1 saturated heterocycles. The molecule has 1 aliphatic heterocycles. The van der Waals surface area contributed by atoms with E-state index < -0.39 is 11.0 Å². The fourth-order valence-corrected chi connectivity index (χ4v) is 3.14. The van der Waals surface area contributed by atoms with Crippen LogP contribution in [0.2, 0.25) is 0 Å². The Morgan fingerprint density at radius 2 is 2.14 bits per heavy atom. The van der Waals surface area contributed by atoms with Gasteiger partial charge in [-0.05, 0) is 52.1 Å². The van der Waals surface area contributed by atoms with Crippen molar-refractivity contribution in [2.24, 2.45) is 0 Å². The highest BCUT2D eigenvalue weighted by molar-refractivity contribution is 5.87. The summed E-state index contributed by atoms with van der Waals surface area (Å²) in [5.74, 6) is -0.420. The Kier molecular flexibility index (Phi) is 4.59. The highest BCUT2D eigenvalue weighted by atomic mass is 19.1. The Balaban J connectivity index is 2.15. The number of aliphatic hydroxyl groups is 1. The number of benzene rings is 1. The fraction of sp³-hybridized carbons (Fsp3) is 0.588. The van der Waals surface area contributed by atoms with E-state index in [4.69, 9.17) is 0 Å². The second-order valence-electron chi connectivity index (χ2n) is 7.07. The lowest BCUT2D eigenvalue weighted by Gasteiger charge is -2.31. The molecule has 4 nitrogen and oxygen atoms in total. The van der Waals surface area contributed by atoms with Crippen LogP contribution in [0.25, 0.3) is 0 Å². The smallest absolute Gasteiger partial charge is 0.232 e. The van der Waals surface area contributed by atoms with Crippen molar-refractivity contribution in [2.75, 3.05) is 33.7 Å². The zero-order chi connectivity index (χ0) is 16.5. The van der Waals surface area contributed by atoms with Gasteiger partial charge in [-0.3, -0.25) is 4.79 Å². The summed E-state index contributed by atoms with van der Waals surface area (Å²) in [4.78, 5) is 16.4. The van der Waals surface area contributed by atoms with Gasteiger partial charge >= 0.3 is 0 Å². The molecule has 1 amide bonds. The number of hydrogen-bond acceptors (Lipinski definition) is 3. The molecule has 0 spiro atoms. The molecule has 1 fully saturated rings. The van der Waals surface area contributed by atoms with Gasteiger partial charge in [-0.1, -0.05) is 12.1 Å². The summed E-state index contributed by atoms with van der Waals surface area (Å²) in [5.41, 5.74) is -1.02. The van der Waals surface area contributed by atoms with E-state index in [1.807, 2.05) is 19.0 Å². The molecule has 2 rings (SSSR count). The van der Waals surface area contributed by atoms with Crippen LogP contribution in [0.1, 0.15) is 25.8 Å². The van der Waals surface area contributed by atoms with Crippen LogP contribution in [0.4, 0.5) is 4.39 Å². The van der Waals surface area contributed by atoms with E-state index in [1.165, 1.54) is 12.1 Å². The third-order valence-corrected chi connectivity index (χ3v) is 4.31. The average Bonchev–Trinajstić information content (AvgIpc) is 2.78. The number of carbonyl (C=O) groups excluding carboxylic acids is 1. The maximum Gasteiger partial charge on any atom is 0.232 e. The third kappa shape index (κ3) is 3.47. The van der Waals surface area contributed by atoms with Crippen LogP contribution in [0, 0.1) is 5.82 Å². The normalized spacial score (nSPS) is 22.4. The predicted molar refractivity (Wildman–Crippen MR) is 84.1 cm³/mol. The molecule has 1 aliphatic rings. The second kappa shape index (κ2) is 5.97. The molecule has 1 aromatic rings. The summed E-state index contributed by atoms with van der Waals surface area (Å²) >= 11 is 0. The standard InChI is InChI=1S/C17H25FN2O2/c1-16(2,13-6-5-7-14(18)10-13)15(21)20-9-8-17(22,12-20)11-19(3)4/h5-7,10,22H,8-9,11-12H2,1-4H3. The summed E-state index contributed by atoms with van der Waals surface area (Å²) in [6.45, 7) is 4.97. The number of hydrogen-bond donors (Lipinski definition) is 1. The zero-order valence-corrected chi connectivity index (χ0v) is 13.8. The minimum Gasteiger partial charge on any atom is -0.387 e. The molecule has 0 aliphatic carbocycles. The molecular formula is C17H25FN2O2. The Bertz CT molecular complexity index is 559. The van der Waals surface area contributed by atoms with Crippen molar-refractivity contribution < 1.29 is 14.3 Å². The van der Waals surface area contributed by atoms with Crippen LogP contribution in [-0.4, -0.2) is 60.1 Å². The minimum absolute atomic E-state index is 0.0761. The van der Waals surface area contributed by atoms with E-state index in [1.54, 1.807) is 30.9 Å². The van der Waals surface area contributed by atoms with Crippen LogP contribution in [-0.2, 0) is 10.2 Å². The first-order valence-corrected chi connectivity index (χ1v) is 7.57. The van der Waals surface area contributed by atoms with Crippen molar-refractivity contribution in [1.29, 1.82) is 0 Å². The van der Waals surface area contributed by atoms with Gasteiger partial charge in [0.1, 0.15) is 5.82 Å². The Morgan fingerprint density at radius 1 is 1.45 bits per heavy atom. The summed E-state index contributed by atoms with van der Waals surface area (Å²) < 4.78 is 13.4. The molecule has 1 N–H and O–H groups in total. The van der Waals surface area contributed by atoms with Crippen molar-refractivity contribution in [3.63, 3.8) is 0 Å². The van der Waals surface area contributed by atoms with Gasteiger partial charge in [0, 0.05) is 13.1 Å². The number of likely N-dealkylation sites (tertiary alicyclic amines) is 1. The fourth-order valence-electron chi connectivity index (χ4n) is 3.14. The summed E-state index contributed by atoms with van der Waals surface area (Å²) in [5, 5.41) is 10.6. The van der Waals surface area contributed by atoms with E-state index in [0.29, 0.717) is 31.6 Å². The number of likely N-dealkylation sites (N-methyl/N-ethyl adjacent to an activating group) is 1. The van der Waals surface area contributed by atoms with Crippen LogP contribution in [0.5, 0.6) is 0 Å². The van der Waals surface area contributed by atoms with Crippen molar-refractivity contribution in [2.45, 2.75) is 31.3 Å². The van der Waals surface area contributed by atoms with E-state index in [2.05, 4.69) is 0 Å². The van der Waals surface area contributed by atoms with Crippen molar-refractivity contribution in [3.8, 4) is 0 Å². The van der Waals surface area contributed by atoms with Crippen LogP contribution in [0.3, 0.4) is 0 Å². The van der Waals surface area contributed by atoms with Crippen molar-refractivity contribution in [1.82, 2.24) is 9.80 Å². The maximum atomic E-state index is 13.4. The average molecular weight is 308 g/mol. The van der Waals surface area contributed by atoms with E-state index in [0.717, 1.165) is 0 Å². The molecule has 0 radical (unpaired) electrons. The molecule has 1 aromatic carbocycles. The quantitative estimate of drug-likeness (QED) is 0.919. The molecule has 22 heavy (non-hydrogen) atoms. The Labute approximate surface area is 131 Å². The van der Waals surface area contributed by atoms with Crippen LogP contribution in [0.15, 0.2) is 24.3 Å². The lowest BCUT2D eigenvalue weighted by Crippen LogP contribution is -2.47. The van der Waals surface area contributed by atoms with Gasteiger partial charge < -0.3 is 14.9 Å². The predicted octanol–water partition coefficient (Wildman–Crippen LogP) is 1.63. The van der Waals surface area contributed by atoms with Crippen LogP contribution >= 0.6 is 0 Å².